The first kappa shape index (κ1) is 12.5. The molecule has 0 radical (unpaired) electrons. The highest BCUT2D eigenvalue weighted by Gasteiger charge is 2.30. The number of hydrogen-bond acceptors (Lipinski definition) is 3. The number of unbranched alkanes of at least 4 members (excludes halogenated alkanes) is 2. The molecule has 1 aliphatic heterocycles. The molecule has 0 atom stereocenters. The van der Waals surface area contributed by atoms with Crippen LogP contribution in [0.1, 0.15) is 39.0 Å². The van der Waals surface area contributed by atoms with Crippen molar-refractivity contribution in [3.63, 3.8) is 0 Å². The number of allylic oxidation sites excluding steroid dienone is 1. The summed E-state index contributed by atoms with van der Waals surface area (Å²) in [5.41, 5.74) is -0.826. The first-order valence-corrected chi connectivity index (χ1v) is 5.94. The molecule has 0 aromatic rings. The number of aliphatic hydroxyl groups is 2. The summed E-state index contributed by atoms with van der Waals surface area (Å²) < 4.78 is 0. The molecule has 1 saturated heterocycles. The van der Waals surface area contributed by atoms with E-state index in [1.54, 1.807) is 0 Å². The summed E-state index contributed by atoms with van der Waals surface area (Å²) in [6.45, 7) is 3.77. The molecule has 0 aromatic carbocycles. The molecule has 1 rings (SSSR count). The van der Waals surface area contributed by atoms with Gasteiger partial charge in [0.25, 0.3) is 0 Å². The van der Waals surface area contributed by atoms with Crippen LogP contribution in [-0.4, -0.2) is 40.4 Å². The Morgan fingerprint density at radius 1 is 1.33 bits per heavy atom. The smallest absolute Gasteiger partial charge is 0.0911 e. The highest BCUT2D eigenvalue weighted by atomic mass is 16.3. The van der Waals surface area contributed by atoms with Crippen LogP contribution in [0.3, 0.4) is 0 Å². The maximum absolute atomic E-state index is 9.81. The van der Waals surface area contributed by atoms with E-state index in [0.29, 0.717) is 12.8 Å². The van der Waals surface area contributed by atoms with Gasteiger partial charge in [-0.05, 0) is 25.5 Å². The Labute approximate surface area is 92.4 Å². The molecule has 15 heavy (non-hydrogen) atoms. The number of rotatable bonds is 5. The van der Waals surface area contributed by atoms with Crippen molar-refractivity contribution in [2.45, 2.75) is 44.6 Å². The summed E-state index contributed by atoms with van der Waals surface area (Å²) in [6, 6.07) is 0. The molecular weight excluding hydrogens is 190 g/mol. The van der Waals surface area contributed by atoms with E-state index in [1.807, 2.05) is 0 Å². The van der Waals surface area contributed by atoms with Gasteiger partial charge in [0.2, 0.25) is 0 Å². The molecule has 3 heteroatoms. The average Bonchev–Trinajstić information content (AvgIpc) is 2.27. The second kappa shape index (κ2) is 6.13. The summed E-state index contributed by atoms with van der Waals surface area (Å²) in [5, 5.41) is 18.8. The Bertz CT molecular complexity index is 196. The summed E-state index contributed by atoms with van der Waals surface area (Å²) in [5.74, 6) is 0. The minimum absolute atomic E-state index is 0.111. The summed E-state index contributed by atoms with van der Waals surface area (Å²) in [4.78, 5) is 2.22. The van der Waals surface area contributed by atoms with Gasteiger partial charge >= 0.3 is 0 Å². The molecule has 0 saturated carbocycles. The Kier molecular flexibility index (Phi) is 5.12. The van der Waals surface area contributed by atoms with E-state index in [1.165, 1.54) is 12.8 Å². The van der Waals surface area contributed by atoms with Crippen LogP contribution in [0.2, 0.25) is 0 Å². The van der Waals surface area contributed by atoms with E-state index in [4.69, 9.17) is 5.11 Å². The van der Waals surface area contributed by atoms with Gasteiger partial charge in [0.1, 0.15) is 0 Å². The first-order valence-electron chi connectivity index (χ1n) is 5.94. The van der Waals surface area contributed by atoms with E-state index in [0.717, 1.165) is 19.5 Å². The zero-order chi connectivity index (χ0) is 11.1. The molecule has 0 unspecified atom stereocenters. The monoisotopic (exact) mass is 213 g/mol. The lowest BCUT2D eigenvalue weighted by atomic mass is 9.93. The van der Waals surface area contributed by atoms with Crippen molar-refractivity contribution in [2.24, 2.45) is 0 Å². The van der Waals surface area contributed by atoms with Crippen molar-refractivity contribution in [2.75, 3.05) is 19.7 Å². The van der Waals surface area contributed by atoms with Crippen LogP contribution >= 0.6 is 0 Å². The molecule has 0 aliphatic carbocycles. The molecular formula is C12H23NO2. The van der Waals surface area contributed by atoms with Gasteiger partial charge in [-0.3, -0.25) is 0 Å². The molecule has 2 N–H and O–H groups in total. The van der Waals surface area contributed by atoms with Gasteiger partial charge < -0.3 is 15.1 Å². The maximum atomic E-state index is 9.81. The fourth-order valence-electron chi connectivity index (χ4n) is 1.79. The molecule has 1 heterocycles. The van der Waals surface area contributed by atoms with Gasteiger partial charge in [0.15, 0.2) is 0 Å². The molecule has 0 bridgehead atoms. The minimum atomic E-state index is -0.826. The summed E-state index contributed by atoms with van der Waals surface area (Å²) >= 11 is 0. The van der Waals surface area contributed by atoms with Crippen molar-refractivity contribution in [1.82, 2.24) is 4.90 Å². The Morgan fingerprint density at radius 3 is 2.53 bits per heavy atom. The molecule has 1 aliphatic rings. The highest BCUT2D eigenvalue weighted by molar-refractivity contribution is 4.91. The number of hydrogen-bond donors (Lipinski definition) is 2. The molecule has 0 spiro atoms. The van der Waals surface area contributed by atoms with Crippen LogP contribution in [0.4, 0.5) is 0 Å². The van der Waals surface area contributed by atoms with Crippen LogP contribution in [-0.2, 0) is 0 Å². The van der Waals surface area contributed by atoms with Gasteiger partial charge in [-0.15, -0.1) is 0 Å². The predicted octanol–water partition coefficient (Wildman–Crippen LogP) is 1.51. The largest absolute Gasteiger partial charge is 0.393 e. The zero-order valence-electron chi connectivity index (χ0n) is 9.65. The quantitative estimate of drug-likeness (QED) is 0.680. The number of aliphatic hydroxyl groups excluding tert-OH is 1. The van der Waals surface area contributed by atoms with Crippen LogP contribution in [0.5, 0.6) is 0 Å². The van der Waals surface area contributed by atoms with E-state index in [9.17, 15) is 5.11 Å². The predicted molar refractivity (Wildman–Crippen MR) is 61.5 cm³/mol. The van der Waals surface area contributed by atoms with Crippen molar-refractivity contribution in [3.05, 3.63) is 12.3 Å². The Balaban J connectivity index is 2.22. The Morgan fingerprint density at radius 2 is 2.00 bits per heavy atom. The number of nitrogens with zero attached hydrogens (tertiary/aromatic N) is 1. The van der Waals surface area contributed by atoms with Gasteiger partial charge in [-0.2, -0.15) is 0 Å². The molecule has 0 amide bonds. The van der Waals surface area contributed by atoms with Crippen LogP contribution < -0.4 is 0 Å². The number of likely N-dealkylation sites (tertiary alicyclic amines) is 1. The Hall–Kier alpha value is -0.540. The SMILES string of the molecule is CCCC/C=C/N1CCC(O)(CO)CC1. The van der Waals surface area contributed by atoms with Crippen molar-refractivity contribution >= 4 is 0 Å². The summed E-state index contributed by atoms with van der Waals surface area (Å²) in [6.07, 6.45) is 9.28. The average molecular weight is 213 g/mol. The standard InChI is InChI=1S/C12H23NO2/c1-2-3-4-5-8-13-9-6-12(15,11-14)7-10-13/h5,8,14-15H,2-4,6-7,9-11H2,1H3/b8-5+. The second-order valence-electron chi connectivity index (χ2n) is 4.45. The third-order valence-corrected chi connectivity index (χ3v) is 3.06. The fraction of sp³-hybridized carbons (Fsp3) is 0.833. The fourth-order valence-corrected chi connectivity index (χ4v) is 1.79. The van der Waals surface area contributed by atoms with Crippen molar-refractivity contribution in [1.29, 1.82) is 0 Å². The summed E-state index contributed by atoms with van der Waals surface area (Å²) in [7, 11) is 0. The van der Waals surface area contributed by atoms with Crippen LogP contribution in [0, 0.1) is 0 Å². The lowest BCUT2D eigenvalue weighted by molar-refractivity contribution is -0.0526. The molecule has 88 valence electrons. The van der Waals surface area contributed by atoms with Crippen molar-refractivity contribution in [3.8, 4) is 0 Å². The molecule has 0 aromatic heterocycles. The third kappa shape index (κ3) is 4.22. The maximum Gasteiger partial charge on any atom is 0.0911 e. The minimum Gasteiger partial charge on any atom is -0.393 e. The first-order chi connectivity index (χ1) is 7.20. The normalized spacial score (nSPS) is 21.1. The van der Waals surface area contributed by atoms with E-state index in [2.05, 4.69) is 24.1 Å². The lowest BCUT2D eigenvalue weighted by Gasteiger charge is -2.36. The molecule has 3 nitrogen and oxygen atoms in total. The van der Waals surface area contributed by atoms with Crippen LogP contribution in [0.25, 0.3) is 0 Å². The van der Waals surface area contributed by atoms with E-state index < -0.39 is 5.60 Å². The zero-order valence-corrected chi connectivity index (χ0v) is 9.65. The van der Waals surface area contributed by atoms with Gasteiger partial charge in [-0.25, -0.2) is 0 Å². The molecule has 1 fully saturated rings. The third-order valence-electron chi connectivity index (χ3n) is 3.06. The van der Waals surface area contributed by atoms with Crippen molar-refractivity contribution < 1.29 is 10.2 Å². The van der Waals surface area contributed by atoms with E-state index in [-0.39, 0.29) is 6.61 Å². The highest BCUT2D eigenvalue weighted by Crippen LogP contribution is 2.21. The van der Waals surface area contributed by atoms with Gasteiger partial charge in [0.05, 0.1) is 12.2 Å². The van der Waals surface area contributed by atoms with Crippen LogP contribution in [0.15, 0.2) is 12.3 Å². The van der Waals surface area contributed by atoms with E-state index >= 15 is 0 Å². The lowest BCUT2D eigenvalue weighted by Crippen LogP contribution is -2.44. The second-order valence-corrected chi connectivity index (χ2v) is 4.45. The number of piperidine rings is 1. The topological polar surface area (TPSA) is 43.7 Å². The van der Waals surface area contributed by atoms with Gasteiger partial charge in [0, 0.05) is 13.1 Å². The van der Waals surface area contributed by atoms with Gasteiger partial charge in [-0.1, -0.05) is 25.8 Å².